The van der Waals surface area contributed by atoms with Crippen molar-refractivity contribution in [3.05, 3.63) is 63.2 Å². The molecule has 4 nitrogen and oxygen atoms in total. The number of ether oxygens (including phenoxy) is 2. The molecule has 1 saturated carbocycles. The summed E-state index contributed by atoms with van der Waals surface area (Å²) in [5.74, 6) is 1.48. The van der Waals surface area contributed by atoms with Gasteiger partial charge in [-0.05, 0) is 47.4 Å². The Balaban J connectivity index is 1.43. The minimum atomic E-state index is -0.476. The molecule has 5 heteroatoms. The van der Waals surface area contributed by atoms with Gasteiger partial charge in [-0.2, -0.15) is 0 Å². The Morgan fingerprint density at radius 2 is 1.84 bits per heavy atom. The van der Waals surface area contributed by atoms with Crippen molar-refractivity contribution in [2.24, 2.45) is 0 Å². The predicted octanol–water partition coefficient (Wildman–Crippen LogP) is 5.10. The minimum Gasteiger partial charge on any atom is -0.491 e. The van der Waals surface area contributed by atoms with Gasteiger partial charge in [0, 0.05) is 24.8 Å². The molecule has 1 saturated heterocycles. The third-order valence-electron chi connectivity index (χ3n) is 7.16. The van der Waals surface area contributed by atoms with Crippen LogP contribution in [0.5, 0.6) is 5.75 Å². The van der Waals surface area contributed by atoms with Crippen LogP contribution in [0.3, 0.4) is 0 Å². The van der Waals surface area contributed by atoms with Crippen LogP contribution in [0, 0.1) is 0 Å². The van der Waals surface area contributed by atoms with E-state index in [0.29, 0.717) is 30.4 Å². The summed E-state index contributed by atoms with van der Waals surface area (Å²) in [4.78, 5) is 0. The fourth-order valence-electron chi connectivity index (χ4n) is 5.52. The lowest BCUT2D eigenvalue weighted by molar-refractivity contribution is -0.114. The maximum atomic E-state index is 10.3. The van der Waals surface area contributed by atoms with E-state index in [4.69, 9.17) is 21.1 Å². The molecule has 0 spiro atoms. The van der Waals surface area contributed by atoms with Crippen molar-refractivity contribution >= 4 is 11.6 Å². The maximum Gasteiger partial charge on any atom is 0.141 e. The van der Waals surface area contributed by atoms with Crippen molar-refractivity contribution in [2.75, 3.05) is 13.2 Å². The van der Waals surface area contributed by atoms with Crippen LogP contribution in [0.2, 0.25) is 5.02 Å². The Morgan fingerprint density at radius 3 is 2.58 bits per heavy atom. The second-order valence-corrected chi connectivity index (χ2v) is 9.68. The summed E-state index contributed by atoms with van der Waals surface area (Å²) in [6.45, 7) is 0.528. The van der Waals surface area contributed by atoms with Crippen LogP contribution in [0.15, 0.2) is 30.3 Å². The average Bonchev–Trinajstić information content (AvgIpc) is 3.48. The van der Waals surface area contributed by atoms with Gasteiger partial charge in [-0.1, -0.05) is 54.8 Å². The van der Waals surface area contributed by atoms with Crippen molar-refractivity contribution < 1.29 is 19.7 Å². The molecule has 0 bridgehead atoms. The monoisotopic (exact) mass is 442 g/mol. The molecule has 1 aliphatic carbocycles. The van der Waals surface area contributed by atoms with Crippen LogP contribution in [-0.4, -0.2) is 35.6 Å². The molecular weight excluding hydrogens is 412 g/mol. The molecule has 2 aromatic rings. The number of rotatable bonds is 5. The third kappa shape index (κ3) is 4.36. The molecule has 0 aromatic heterocycles. The maximum absolute atomic E-state index is 10.3. The molecule has 3 aliphatic rings. The predicted molar refractivity (Wildman–Crippen MR) is 121 cm³/mol. The van der Waals surface area contributed by atoms with Crippen LogP contribution >= 0.6 is 11.6 Å². The standard InChI is InChI=1S/C26H31ClO4/c27-25-19(11-16-5-7-18(8-6-16)17-3-1-2-4-17)12-23(22-9-10-30-26(22)25)24-14-20(29)13-21(15-28)31-24/h5-8,12,17,20-21,24,28-29H,1-4,9-11,13-15H2. The molecule has 2 aliphatic heterocycles. The first kappa shape index (κ1) is 21.3. The number of halogens is 1. The van der Waals surface area contributed by atoms with Gasteiger partial charge in [0.15, 0.2) is 0 Å². The van der Waals surface area contributed by atoms with Crippen LogP contribution in [-0.2, 0) is 17.6 Å². The van der Waals surface area contributed by atoms with Crippen molar-refractivity contribution in [3.63, 3.8) is 0 Å². The van der Waals surface area contributed by atoms with E-state index in [9.17, 15) is 10.2 Å². The first-order valence-corrected chi connectivity index (χ1v) is 12.0. The van der Waals surface area contributed by atoms with Gasteiger partial charge >= 0.3 is 0 Å². The highest BCUT2D eigenvalue weighted by atomic mass is 35.5. The normalized spacial score (nSPS) is 26.1. The van der Waals surface area contributed by atoms with Crippen LogP contribution in [0.4, 0.5) is 0 Å². The largest absolute Gasteiger partial charge is 0.491 e. The summed E-state index contributed by atoms with van der Waals surface area (Å²) in [5, 5.41) is 20.6. The summed E-state index contributed by atoms with van der Waals surface area (Å²) in [6, 6.07) is 11.1. The minimum absolute atomic E-state index is 0.0833. The Morgan fingerprint density at radius 1 is 1.06 bits per heavy atom. The molecule has 2 aromatic carbocycles. The van der Waals surface area contributed by atoms with Gasteiger partial charge in [-0.25, -0.2) is 0 Å². The van der Waals surface area contributed by atoms with E-state index in [-0.39, 0.29) is 18.8 Å². The zero-order valence-electron chi connectivity index (χ0n) is 17.9. The van der Waals surface area contributed by atoms with Gasteiger partial charge in [0.05, 0.1) is 36.5 Å². The summed E-state index contributed by atoms with van der Waals surface area (Å²) in [6.07, 6.45) is 6.75. The lowest BCUT2D eigenvalue weighted by Gasteiger charge is -2.33. The number of hydrogen-bond acceptors (Lipinski definition) is 4. The van der Waals surface area contributed by atoms with E-state index in [0.717, 1.165) is 35.3 Å². The van der Waals surface area contributed by atoms with E-state index in [1.54, 1.807) is 0 Å². The van der Waals surface area contributed by atoms with Gasteiger partial charge in [-0.15, -0.1) is 0 Å². The first-order chi connectivity index (χ1) is 15.1. The van der Waals surface area contributed by atoms with E-state index >= 15 is 0 Å². The zero-order chi connectivity index (χ0) is 21.4. The smallest absolute Gasteiger partial charge is 0.141 e. The molecule has 2 fully saturated rings. The van der Waals surface area contributed by atoms with E-state index in [2.05, 4.69) is 30.3 Å². The first-order valence-electron chi connectivity index (χ1n) is 11.6. The lowest BCUT2D eigenvalue weighted by Crippen LogP contribution is -2.33. The Labute approximate surface area is 189 Å². The third-order valence-corrected chi connectivity index (χ3v) is 7.58. The fraction of sp³-hybridized carbons (Fsp3) is 0.538. The highest BCUT2D eigenvalue weighted by Gasteiger charge is 2.33. The fourth-order valence-corrected chi connectivity index (χ4v) is 5.81. The van der Waals surface area contributed by atoms with Gasteiger partial charge in [0.1, 0.15) is 5.75 Å². The van der Waals surface area contributed by atoms with Crippen molar-refractivity contribution in [2.45, 2.75) is 75.6 Å². The SMILES string of the molecule is OCC1CC(O)CC(c2cc(Cc3ccc(C4CCCC4)cc3)c(Cl)c3c2CCO3)O1. The summed E-state index contributed by atoms with van der Waals surface area (Å²) < 4.78 is 12.0. The van der Waals surface area contributed by atoms with E-state index in [1.807, 2.05) is 0 Å². The van der Waals surface area contributed by atoms with Gasteiger partial charge in [-0.3, -0.25) is 0 Å². The number of fused-ring (bicyclic) bond motifs is 1. The number of benzene rings is 2. The highest BCUT2D eigenvalue weighted by Crippen LogP contribution is 2.44. The number of hydrogen-bond donors (Lipinski definition) is 2. The van der Waals surface area contributed by atoms with E-state index < -0.39 is 6.10 Å². The molecule has 0 radical (unpaired) electrons. The average molecular weight is 443 g/mol. The number of aliphatic hydroxyl groups excluding tert-OH is 2. The second kappa shape index (κ2) is 9.11. The van der Waals surface area contributed by atoms with Crippen LogP contribution < -0.4 is 4.74 Å². The quantitative estimate of drug-likeness (QED) is 0.676. The lowest BCUT2D eigenvalue weighted by atomic mass is 9.89. The van der Waals surface area contributed by atoms with Crippen LogP contribution in [0.25, 0.3) is 0 Å². The molecule has 31 heavy (non-hydrogen) atoms. The molecule has 2 heterocycles. The molecule has 3 unspecified atom stereocenters. The van der Waals surface area contributed by atoms with Crippen molar-refractivity contribution in [1.29, 1.82) is 0 Å². The summed E-state index contributed by atoms with van der Waals surface area (Å²) in [7, 11) is 0. The van der Waals surface area contributed by atoms with Gasteiger partial charge < -0.3 is 19.7 Å². The second-order valence-electron chi connectivity index (χ2n) is 9.30. The Hall–Kier alpha value is -1.59. The Bertz CT molecular complexity index is 920. The van der Waals surface area contributed by atoms with Crippen molar-refractivity contribution in [3.8, 4) is 5.75 Å². The molecule has 166 valence electrons. The molecule has 5 rings (SSSR count). The Kier molecular flexibility index (Phi) is 6.25. The van der Waals surface area contributed by atoms with Crippen molar-refractivity contribution in [1.82, 2.24) is 0 Å². The zero-order valence-corrected chi connectivity index (χ0v) is 18.6. The molecule has 3 atom stereocenters. The molecule has 0 amide bonds. The molecule has 2 N–H and O–H groups in total. The summed E-state index contributed by atoms with van der Waals surface area (Å²) >= 11 is 6.78. The molecular formula is C26H31ClO4. The summed E-state index contributed by atoms with van der Waals surface area (Å²) in [5.41, 5.74) is 5.83. The van der Waals surface area contributed by atoms with Gasteiger partial charge in [0.2, 0.25) is 0 Å². The van der Waals surface area contributed by atoms with E-state index in [1.165, 1.54) is 36.8 Å². The number of aliphatic hydroxyl groups is 2. The van der Waals surface area contributed by atoms with Gasteiger partial charge in [0.25, 0.3) is 0 Å². The highest BCUT2D eigenvalue weighted by molar-refractivity contribution is 6.33. The van der Waals surface area contributed by atoms with Crippen LogP contribution in [0.1, 0.15) is 78.4 Å². The topological polar surface area (TPSA) is 58.9 Å².